The molecule has 2 amide bonds. The minimum Gasteiger partial charge on any atom is -0.450 e. The van der Waals surface area contributed by atoms with Crippen LogP contribution >= 0.6 is 0 Å². The lowest BCUT2D eigenvalue weighted by atomic mass is 9.68. The Morgan fingerprint density at radius 3 is 2.28 bits per heavy atom. The van der Waals surface area contributed by atoms with Crippen molar-refractivity contribution in [1.82, 2.24) is 14.7 Å². The highest BCUT2D eigenvalue weighted by atomic mass is 16.6. The Labute approximate surface area is 215 Å². The summed E-state index contributed by atoms with van der Waals surface area (Å²) in [5, 5.41) is 11.0. The third-order valence-electron chi connectivity index (χ3n) is 9.76. The van der Waals surface area contributed by atoms with Crippen LogP contribution < -0.4 is 0 Å². The number of hydrogen-bond acceptors (Lipinski definition) is 5. The Hall–Kier alpha value is -2.12. The molecule has 2 atom stereocenters. The van der Waals surface area contributed by atoms with Crippen molar-refractivity contribution < 1.29 is 19.4 Å². The number of ether oxygens (including phenoxy) is 1. The predicted octanol–water partition coefficient (Wildman–Crippen LogP) is 4.07. The van der Waals surface area contributed by atoms with Gasteiger partial charge in [-0.15, -0.1) is 0 Å². The van der Waals surface area contributed by atoms with Crippen LogP contribution in [0.4, 0.5) is 4.79 Å². The predicted molar refractivity (Wildman–Crippen MR) is 139 cm³/mol. The number of aliphatic hydroxyl groups is 1. The van der Waals surface area contributed by atoms with Crippen molar-refractivity contribution in [3.63, 3.8) is 0 Å². The van der Waals surface area contributed by atoms with Crippen LogP contribution in [0.1, 0.15) is 83.3 Å². The summed E-state index contributed by atoms with van der Waals surface area (Å²) in [5.41, 5.74) is 1.28. The van der Waals surface area contributed by atoms with E-state index >= 15 is 0 Å². The zero-order valence-electron chi connectivity index (χ0n) is 22.2. The lowest BCUT2D eigenvalue weighted by Crippen LogP contribution is -2.59. The van der Waals surface area contributed by atoms with Gasteiger partial charge < -0.3 is 24.5 Å². The molecule has 7 nitrogen and oxygen atoms in total. The van der Waals surface area contributed by atoms with Crippen LogP contribution in [-0.4, -0.2) is 81.8 Å². The maximum atomic E-state index is 13.5. The second-order valence-corrected chi connectivity index (χ2v) is 11.5. The van der Waals surface area contributed by atoms with Gasteiger partial charge in [0.1, 0.15) is 5.60 Å². The minimum absolute atomic E-state index is 0.0615. The van der Waals surface area contributed by atoms with Crippen molar-refractivity contribution in [2.24, 2.45) is 0 Å². The fourth-order valence-electron chi connectivity index (χ4n) is 7.57. The number of carbonyl (C=O) groups is 2. The summed E-state index contributed by atoms with van der Waals surface area (Å²) in [6, 6.07) is 9.71. The standard InChI is InChI=1S/C29H43N3O4/c1-4-29(35,5-2)26(33)31-19-21-9-7-8-10-25(21)28(20-31)13-15-30(16-14-28)24-17-22-11-12-23(18-24)32(22)27(34)36-6-3/h7-10,22-24,35H,4-6,11-20H2,1-3H3. The molecule has 1 aromatic carbocycles. The van der Waals surface area contributed by atoms with Crippen molar-refractivity contribution >= 4 is 12.0 Å². The van der Waals surface area contributed by atoms with Crippen molar-refractivity contribution in [2.45, 2.75) is 108 Å². The van der Waals surface area contributed by atoms with Gasteiger partial charge in [0, 0.05) is 36.6 Å². The van der Waals surface area contributed by atoms with Crippen molar-refractivity contribution in [3.05, 3.63) is 35.4 Å². The summed E-state index contributed by atoms with van der Waals surface area (Å²) in [4.78, 5) is 32.6. The maximum absolute atomic E-state index is 13.5. The first-order valence-corrected chi connectivity index (χ1v) is 14.1. The van der Waals surface area contributed by atoms with E-state index in [4.69, 9.17) is 4.74 Å². The number of rotatable bonds is 5. The van der Waals surface area contributed by atoms with Crippen molar-refractivity contribution in [1.29, 1.82) is 0 Å². The summed E-state index contributed by atoms with van der Waals surface area (Å²) >= 11 is 0. The smallest absolute Gasteiger partial charge is 0.410 e. The summed E-state index contributed by atoms with van der Waals surface area (Å²) < 4.78 is 5.34. The van der Waals surface area contributed by atoms with Crippen LogP contribution in [0, 0.1) is 0 Å². The molecule has 36 heavy (non-hydrogen) atoms. The zero-order chi connectivity index (χ0) is 25.5. The summed E-state index contributed by atoms with van der Waals surface area (Å²) in [7, 11) is 0. The summed E-state index contributed by atoms with van der Waals surface area (Å²) in [6.07, 6.45) is 6.99. The maximum Gasteiger partial charge on any atom is 0.410 e. The Balaban J connectivity index is 1.30. The number of fused-ring (bicyclic) bond motifs is 4. The van der Waals surface area contributed by atoms with Gasteiger partial charge in [0.2, 0.25) is 0 Å². The minimum atomic E-state index is -1.28. The number of hydrogen-bond donors (Lipinski definition) is 1. The molecular formula is C29H43N3O4. The first kappa shape index (κ1) is 25.5. The molecule has 4 aliphatic heterocycles. The molecule has 2 unspecified atom stereocenters. The highest BCUT2D eigenvalue weighted by Crippen LogP contribution is 2.45. The molecule has 198 valence electrons. The molecule has 4 heterocycles. The van der Waals surface area contributed by atoms with Crippen LogP contribution in [0.2, 0.25) is 0 Å². The number of piperidine rings is 2. The number of amides is 2. The molecule has 3 fully saturated rings. The molecule has 5 rings (SSSR count). The Bertz CT molecular complexity index is 955. The largest absolute Gasteiger partial charge is 0.450 e. The van der Waals surface area contributed by atoms with Gasteiger partial charge in [-0.25, -0.2) is 4.79 Å². The van der Waals surface area contributed by atoms with Crippen molar-refractivity contribution in [3.8, 4) is 0 Å². The Morgan fingerprint density at radius 1 is 1.03 bits per heavy atom. The molecule has 0 aliphatic carbocycles. The first-order chi connectivity index (χ1) is 17.3. The Morgan fingerprint density at radius 2 is 1.67 bits per heavy atom. The molecule has 4 aliphatic rings. The van der Waals surface area contributed by atoms with Crippen LogP contribution in [0.25, 0.3) is 0 Å². The molecule has 0 aromatic heterocycles. The lowest BCUT2D eigenvalue weighted by molar-refractivity contribution is -0.155. The van der Waals surface area contributed by atoms with Gasteiger partial charge >= 0.3 is 6.09 Å². The molecule has 1 aromatic rings. The second kappa shape index (κ2) is 9.97. The van der Waals surface area contributed by atoms with Crippen LogP contribution in [0.3, 0.4) is 0 Å². The van der Waals surface area contributed by atoms with E-state index < -0.39 is 5.60 Å². The van der Waals surface area contributed by atoms with E-state index in [1.54, 1.807) is 0 Å². The van der Waals surface area contributed by atoms with Crippen LogP contribution in [-0.2, 0) is 21.5 Å². The quantitative estimate of drug-likeness (QED) is 0.664. The summed E-state index contributed by atoms with van der Waals surface area (Å²) in [6.45, 7) is 9.38. The number of nitrogens with zero attached hydrogens (tertiary/aromatic N) is 3. The second-order valence-electron chi connectivity index (χ2n) is 11.5. The van der Waals surface area contributed by atoms with E-state index in [-0.39, 0.29) is 17.4 Å². The van der Waals surface area contributed by atoms with Gasteiger partial charge in [-0.05, 0) is 82.5 Å². The fourth-order valence-corrected chi connectivity index (χ4v) is 7.57. The number of carbonyl (C=O) groups excluding carboxylic acids is 2. The van der Waals surface area contributed by atoms with E-state index in [0.717, 1.165) is 51.6 Å². The normalized spacial score (nSPS) is 27.7. The molecule has 7 heteroatoms. The van der Waals surface area contributed by atoms with E-state index in [1.165, 1.54) is 11.1 Å². The van der Waals surface area contributed by atoms with Crippen molar-refractivity contribution in [2.75, 3.05) is 26.2 Å². The highest BCUT2D eigenvalue weighted by Gasteiger charge is 2.49. The third kappa shape index (κ3) is 4.32. The molecule has 1 N–H and O–H groups in total. The molecule has 1 spiro atoms. The van der Waals surface area contributed by atoms with E-state index in [0.29, 0.717) is 50.7 Å². The molecule has 2 bridgehead atoms. The van der Waals surface area contributed by atoms with E-state index in [1.807, 2.05) is 30.6 Å². The van der Waals surface area contributed by atoms with Gasteiger partial charge in [-0.2, -0.15) is 0 Å². The molecule has 0 radical (unpaired) electrons. The summed E-state index contributed by atoms with van der Waals surface area (Å²) in [5.74, 6) is -0.119. The lowest BCUT2D eigenvalue weighted by Gasteiger charge is -2.52. The number of likely N-dealkylation sites (tertiary alicyclic amines) is 1. The van der Waals surface area contributed by atoms with Gasteiger partial charge in [0.25, 0.3) is 5.91 Å². The molecule has 3 saturated heterocycles. The average molecular weight is 498 g/mol. The average Bonchev–Trinajstić information content (AvgIpc) is 3.17. The monoisotopic (exact) mass is 497 g/mol. The van der Waals surface area contributed by atoms with Crippen LogP contribution in [0.5, 0.6) is 0 Å². The van der Waals surface area contributed by atoms with Gasteiger partial charge in [-0.1, -0.05) is 38.1 Å². The molecular weight excluding hydrogens is 454 g/mol. The van der Waals surface area contributed by atoms with Gasteiger partial charge in [0.05, 0.1) is 6.61 Å². The first-order valence-electron chi connectivity index (χ1n) is 14.1. The van der Waals surface area contributed by atoms with E-state index in [2.05, 4.69) is 29.2 Å². The number of benzene rings is 1. The van der Waals surface area contributed by atoms with E-state index in [9.17, 15) is 14.7 Å². The molecule has 0 saturated carbocycles. The van der Waals surface area contributed by atoms with Gasteiger partial charge in [-0.3, -0.25) is 4.79 Å². The van der Waals surface area contributed by atoms with Gasteiger partial charge in [0.15, 0.2) is 0 Å². The fraction of sp³-hybridized carbons (Fsp3) is 0.724. The zero-order valence-corrected chi connectivity index (χ0v) is 22.2. The van der Waals surface area contributed by atoms with Crippen LogP contribution in [0.15, 0.2) is 24.3 Å². The Kier molecular flexibility index (Phi) is 7.07. The SMILES string of the molecule is CCOC(=O)N1C2CCC1CC(N1CCC3(CC1)CN(C(=O)C(O)(CC)CC)Cc1ccccc13)C2. The highest BCUT2D eigenvalue weighted by molar-refractivity contribution is 5.85. The topological polar surface area (TPSA) is 73.3 Å². The third-order valence-corrected chi connectivity index (χ3v) is 9.76.